The number of hydrogen-bond acceptors (Lipinski definition) is 3. The minimum atomic E-state index is -0.663. The number of rotatable bonds is 3. The number of carbonyl (C=O) groups excluding carboxylic acids is 2. The fourth-order valence-corrected chi connectivity index (χ4v) is 2.45. The highest BCUT2D eigenvalue weighted by Crippen LogP contribution is 2.28. The molecule has 20 heavy (non-hydrogen) atoms. The number of piperidine rings is 1. The smallest absolute Gasteiger partial charge is 0.237 e. The summed E-state index contributed by atoms with van der Waals surface area (Å²) in [7, 11) is 0. The molecule has 0 saturated carbocycles. The third kappa shape index (κ3) is 2.55. The van der Waals surface area contributed by atoms with Crippen LogP contribution in [0.1, 0.15) is 31.7 Å². The summed E-state index contributed by atoms with van der Waals surface area (Å²) in [6.45, 7) is 2.12. The maximum absolute atomic E-state index is 14.0. The van der Waals surface area contributed by atoms with E-state index in [-0.39, 0.29) is 22.9 Å². The van der Waals surface area contributed by atoms with Gasteiger partial charge in [0, 0.05) is 13.0 Å². The molecule has 1 heterocycles. The number of benzene rings is 1. The van der Waals surface area contributed by atoms with Crippen molar-refractivity contribution in [3.63, 3.8) is 0 Å². The number of Topliss-reactive ketones (excluding diaryl/α,β-unsaturated/α-hetero) is 1. The SMILES string of the molecule is CCC(=O)[C@@H]1CCCN(c2ccc(C#N)cc2F)C1=O. The highest BCUT2D eigenvalue weighted by molar-refractivity contribution is 6.09. The van der Waals surface area contributed by atoms with Gasteiger partial charge in [0.2, 0.25) is 5.91 Å². The standard InChI is InChI=1S/C15H15FN2O2/c1-2-14(19)11-4-3-7-18(15(11)20)13-6-5-10(9-17)8-12(13)16/h5-6,8,11H,2-4,7H2,1H3/t11-/m0/s1. The summed E-state index contributed by atoms with van der Waals surface area (Å²) in [5.41, 5.74) is 0.347. The number of amides is 1. The van der Waals surface area contributed by atoms with Crippen molar-refractivity contribution in [2.24, 2.45) is 5.92 Å². The first-order valence-corrected chi connectivity index (χ1v) is 6.62. The molecule has 1 aromatic carbocycles. The van der Waals surface area contributed by atoms with Crippen LogP contribution < -0.4 is 4.90 Å². The van der Waals surface area contributed by atoms with E-state index in [1.165, 1.54) is 17.0 Å². The molecule has 0 bridgehead atoms. The van der Waals surface area contributed by atoms with Crippen LogP contribution in [0.2, 0.25) is 0 Å². The van der Waals surface area contributed by atoms with Gasteiger partial charge in [-0.1, -0.05) is 6.92 Å². The Morgan fingerprint density at radius 3 is 2.90 bits per heavy atom. The van der Waals surface area contributed by atoms with Gasteiger partial charge in [0.15, 0.2) is 0 Å². The van der Waals surface area contributed by atoms with Gasteiger partial charge >= 0.3 is 0 Å². The van der Waals surface area contributed by atoms with E-state index in [2.05, 4.69) is 0 Å². The molecular weight excluding hydrogens is 259 g/mol. The third-order valence-corrected chi connectivity index (χ3v) is 3.54. The van der Waals surface area contributed by atoms with E-state index in [0.29, 0.717) is 25.8 Å². The van der Waals surface area contributed by atoms with Gasteiger partial charge in [-0.25, -0.2) is 4.39 Å². The minimum absolute atomic E-state index is 0.103. The molecule has 2 rings (SSSR count). The van der Waals surface area contributed by atoms with E-state index in [4.69, 9.17) is 5.26 Å². The van der Waals surface area contributed by atoms with Crippen LogP contribution in [0.3, 0.4) is 0 Å². The van der Waals surface area contributed by atoms with Gasteiger partial charge in [-0.2, -0.15) is 5.26 Å². The first kappa shape index (κ1) is 14.2. The zero-order valence-electron chi connectivity index (χ0n) is 11.2. The molecule has 1 fully saturated rings. The monoisotopic (exact) mass is 274 g/mol. The van der Waals surface area contributed by atoms with E-state index in [9.17, 15) is 14.0 Å². The predicted molar refractivity (Wildman–Crippen MR) is 71.5 cm³/mol. The average Bonchev–Trinajstić information content (AvgIpc) is 2.47. The Hall–Kier alpha value is -2.22. The van der Waals surface area contributed by atoms with Crippen molar-refractivity contribution in [3.05, 3.63) is 29.6 Å². The van der Waals surface area contributed by atoms with Crippen molar-refractivity contribution in [1.82, 2.24) is 0 Å². The van der Waals surface area contributed by atoms with Gasteiger partial charge < -0.3 is 4.90 Å². The Bertz CT molecular complexity index is 592. The zero-order chi connectivity index (χ0) is 14.7. The molecule has 1 saturated heterocycles. The number of carbonyl (C=O) groups is 2. The Morgan fingerprint density at radius 1 is 1.55 bits per heavy atom. The van der Waals surface area contributed by atoms with Crippen LogP contribution in [0, 0.1) is 23.1 Å². The molecule has 5 heteroatoms. The lowest BCUT2D eigenvalue weighted by atomic mass is 9.91. The van der Waals surface area contributed by atoms with E-state index in [1.807, 2.05) is 6.07 Å². The largest absolute Gasteiger partial charge is 0.309 e. The lowest BCUT2D eigenvalue weighted by Gasteiger charge is -2.31. The van der Waals surface area contributed by atoms with Gasteiger partial charge in [-0.05, 0) is 31.0 Å². The van der Waals surface area contributed by atoms with Crippen molar-refractivity contribution in [3.8, 4) is 6.07 Å². The van der Waals surface area contributed by atoms with Crippen molar-refractivity contribution in [1.29, 1.82) is 5.26 Å². The molecule has 104 valence electrons. The van der Waals surface area contributed by atoms with Gasteiger partial charge in [0.1, 0.15) is 11.6 Å². The fourth-order valence-electron chi connectivity index (χ4n) is 2.45. The van der Waals surface area contributed by atoms with Gasteiger partial charge in [-0.3, -0.25) is 9.59 Å². The summed E-state index contributed by atoms with van der Waals surface area (Å²) in [4.78, 5) is 25.4. The molecule has 0 unspecified atom stereocenters. The van der Waals surface area contributed by atoms with Crippen molar-refractivity contribution >= 4 is 17.4 Å². The fraction of sp³-hybridized carbons (Fsp3) is 0.400. The topological polar surface area (TPSA) is 61.2 Å². The molecule has 0 N–H and O–H groups in total. The summed E-state index contributed by atoms with van der Waals surface area (Å²) in [6.07, 6.45) is 1.50. The molecule has 0 aliphatic carbocycles. The van der Waals surface area contributed by atoms with E-state index >= 15 is 0 Å². The first-order chi connectivity index (χ1) is 9.58. The van der Waals surface area contributed by atoms with E-state index in [0.717, 1.165) is 6.07 Å². The zero-order valence-corrected chi connectivity index (χ0v) is 11.2. The molecule has 0 radical (unpaired) electrons. The maximum atomic E-state index is 14.0. The van der Waals surface area contributed by atoms with Crippen LogP contribution in [0.25, 0.3) is 0 Å². The normalized spacial score (nSPS) is 18.8. The number of anilines is 1. The first-order valence-electron chi connectivity index (χ1n) is 6.62. The number of nitriles is 1. The molecule has 4 nitrogen and oxygen atoms in total. The van der Waals surface area contributed by atoms with Gasteiger partial charge in [-0.15, -0.1) is 0 Å². The van der Waals surface area contributed by atoms with Crippen LogP contribution in [-0.2, 0) is 9.59 Å². The maximum Gasteiger partial charge on any atom is 0.237 e. The average molecular weight is 274 g/mol. The quantitative estimate of drug-likeness (QED) is 0.795. The highest BCUT2D eigenvalue weighted by Gasteiger charge is 2.34. The van der Waals surface area contributed by atoms with Gasteiger partial charge in [0.05, 0.1) is 23.2 Å². The number of hydrogen-bond donors (Lipinski definition) is 0. The molecule has 0 aromatic heterocycles. The molecule has 1 aromatic rings. The van der Waals surface area contributed by atoms with Gasteiger partial charge in [0.25, 0.3) is 0 Å². The Kier molecular flexibility index (Phi) is 4.14. The Balaban J connectivity index is 2.31. The summed E-state index contributed by atoms with van der Waals surface area (Å²) in [6, 6.07) is 5.84. The van der Waals surface area contributed by atoms with E-state index in [1.54, 1.807) is 6.92 Å². The van der Waals surface area contributed by atoms with Crippen LogP contribution >= 0.6 is 0 Å². The molecule has 1 amide bonds. The van der Waals surface area contributed by atoms with E-state index < -0.39 is 11.7 Å². The van der Waals surface area contributed by atoms with Crippen LogP contribution in [0.5, 0.6) is 0 Å². The lowest BCUT2D eigenvalue weighted by molar-refractivity contribution is -0.133. The number of ketones is 1. The molecule has 1 aliphatic heterocycles. The van der Waals surface area contributed by atoms with Crippen LogP contribution in [0.4, 0.5) is 10.1 Å². The second kappa shape index (κ2) is 5.83. The molecule has 1 aliphatic rings. The number of halogens is 1. The van der Waals surface area contributed by atoms with Crippen molar-refractivity contribution in [2.45, 2.75) is 26.2 Å². The second-order valence-corrected chi connectivity index (χ2v) is 4.78. The van der Waals surface area contributed by atoms with Crippen LogP contribution in [-0.4, -0.2) is 18.2 Å². The van der Waals surface area contributed by atoms with Crippen LogP contribution in [0.15, 0.2) is 18.2 Å². The molecule has 0 spiro atoms. The summed E-state index contributed by atoms with van der Waals surface area (Å²) >= 11 is 0. The molecule has 1 atom stereocenters. The number of nitrogens with zero attached hydrogens (tertiary/aromatic N) is 2. The second-order valence-electron chi connectivity index (χ2n) is 4.78. The third-order valence-electron chi connectivity index (χ3n) is 3.54. The molecular formula is C15H15FN2O2. The summed E-state index contributed by atoms with van der Waals surface area (Å²) in [5, 5.41) is 8.72. The summed E-state index contributed by atoms with van der Waals surface area (Å²) in [5.74, 6) is -1.72. The highest BCUT2D eigenvalue weighted by atomic mass is 19.1. The predicted octanol–water partition coefficient (Wildman–Crippen LogP) is 2.42. The van der Waals surface area contributed by atoms with Crippen molar-refractivity contribution < 1.29 is 14.0 Å². The minimum Gasteiger partial charge on any atom is -0.309 e. The Labute approximate surface area is 116 Å². The van der Waals surface area contributed by atoms with Crippen molar-refractivity contribution in [2.75, 3.05) is 11.4 Å². The summed E-state index contributed by atoms with van der Waals surface area (Å²) < 4.78 is 14.0. The Morgan fingerprint density at radius 2 is 2.30 bits per heavy atom. The lowest BCUT2D eigenvalue weighted by Crippen LogP contribution is -2.44.